The van der Waals surface area contributed by atoms with Crippen molar-refractivity contribution in [3.05, 3.63) is 34.8 Å². The van der Waals surface area contributed by atoms with Crippen molar-refractivity contribution in [2.75, 3.05) is 5.06 Å². The standard InChI is InChI=1S/C12H16BrNO/c1-5-9-6-7-10(13)8-11(9)14(15)12(2,3)4/h5-8,15H,1H2,2-4H3. The molecule has 0 aliphatic heterocycles. The van der Waals surface area contributed by atoms with Gasteiger partial charge in [0.25, 0.3) is 0 Å². The maximum atomic E-state index is 10.1. The van der Waals surface area contributed by atoms with Gasteiger partial charge in [-0.1, -0.05) is 34.7 Å². The van der Waals surface area contributed by atoms with Crippen molar-refractivity contribution < 1.29 is 5.21 Å². The van der Waals surface area contributed by atoms with Crippen molar-refractivity contribution in [3.63, 3.8) is 0 Å². The van der Waals surface area contributed by atoms with E-state index in [1.54, 1.807) is 6.08 Å². The highest BCUT2D eigenvalue weighted by atomic mass is 79.9. The van der Waals surface area contributed by atoms with Crippen LogP contribution in [0.3, 0.4) is 0 Å². The highest BCUT2D eigenvalue weighted by Crippen LogP contribution is 2.29. The molecule has 0 aromatic heterocycles. The molecule has 0 saturated heterocycles. The number of hydroxylamine groups is 1. The van der Waals surface area contributed by atoms with Crippen LogP contribution >= 0.6 is 15.9 Å². The highest BCUT2D eigenvalue weighted by Gasteiger charge is 2.21. The summed E-state index contributed by atoms with van der Waals surface area (Å²) < 4.78 is 0.936. The Balaban J connectivity index is 3.22. The minimum Gasteiger partial charge on any atom is -0.288 e. The molecule has 0 heterocycles. The van der Waals surface area contributed by atoms with Gasteiger partial charge in [0.1, 0.15) is 0 Å². The van der Waals surface area contributed by atoms with Gasteiger partial charge in [-0.2, -0.15) is 0 Å². The van der Waals surface area contributed by atoms with Gasteiger partial charge >= 0.3 is 0 Å². The van der Waals surface area contributed by atoms with Gasteiger partial charge in [-0.25, -0.2) is 0 Å². The largest absolute Gasteiger partial charge is 0.288 e. The lowest BCUT2D eigenvalue weighted by molar-refractivity contribution is 0.181. The number of rotatable bonds is 2. The normalized spacial score (nSPS) is 11.3. The van der Waals surface area contributed by atoms with E-state index in [0.717, 1.165) is 15.7 Å². The number of anilines is 1. The van der Waals surface area contributed by atoms with E-state index in [9.17, 15) is 5.21 Å². The van der Waals surface area contributed by atoms with E-state index < -0.39 is 0 Å². The summed E-state index contributed by atoms with van der Waals surface area (Å²) in [5.41, 5.74) is 1.33. The zero-order valence-electron chi connectivity index (χ0n) is 9.29. The fourth-order valence-electron chi connectivity index (χ4n) is 1.23. The lowest BCUT2D eigenvalue weighted by atomic mass is 10.1. The molecule has 0 aliphatic rings. The summed E-state index contributed by atoms with van der Waals surface area (Å²) >= 11 is 3.39. The summed E-state index contributed by atoms with van der Waals surface area (Å²) in [5.74, 6) is 0. The van der Waals surface area contributed by atoms with Gasteiger partial charge in [-0.3, -0.25) is 10.3 Å². The van der Waals surface area contributed by atoms with Gasteiger partial charge in [0, 0.05) is 4.47 Å². The van der Waals surface area contributed by atoms with Gasteiger partial charge in [0.2, 0.25) is 0 Å². The molecule has 2 nitrogen and oxygen atoms in total. The topological polar surface area (TPSA) is 23.5 Å². The Morgan fingerprint density at radius 1 is 1.40 bits per heavy atom. The van der Waals surface area contributed by atoms with E-state index in [1.165, 1.54) is 5.06 Å². The SMILES string of the molecule is C=Cc1ccc(Br)cc1N(O)C(C)(C)C. The monoisotopic (exact) mass is 269 g/mol. The first-order valence-electron chi connectivity index (χ1n) is 4.77. The van der Waals surface area contributed by atoms with E-state index in [-0.39, 0.29) is 5.54 Å². The summed E-state index contributed by atoms with van der Waals surface area (Å²) in [4.78, 5) is 0. The van der Waals surface area contributed by atoms with Gasteiger partial charge in [0.05, 0.1) is 11.2 Å². The maximum absolute atomic E-state index is 10.1. The Morgan fingerprint density at radius 3 is 2.47 bits per heavy atom. The Bertz CT molecular complexity index is 368. The molecular weight excluding hydrogens is 254 g/mol. The molecule has 0 radical (unpaired) electrons. The van der Waals surface area contributed by atoms with Gasteiger partial charge in [-0.15, -0.1) is 0 Å². The molecule has 0 atom stereocenters. The second-order valence-corrected chi connectivity index (χ2v) is 5.31. The van der Waals surface area contributed by atoms with Gasteiger partial charge in [-0.05, 0) is 38.5 Å². The molecule has 3 heteroatoms. The van der Waals surface area contributed by atoms with Crippen LogP contribution in [0.4, 0.5) is 5.69 Å². The predicted molar refractivity (Wildman–Crippen MR) is 68.3 cm³/mol. The molecule has 15 heavy (non-hydrogen) atoms. The average Bonchev–Trinajstić information content (AvgIpc) is 2.15. The Morgan fingerprint density at radius 2 is 2.00 bits per heavy atom. The quantitative estimate of drug-likeness (QED) is 0.818. The lowest BCUT2D eigenvalue weighted by Gasteiger charge is -2.32. The zero-order chi connectivity index (χ0) is 11.6. The number of nitrogens with zero attached hydrogens (tertiary/aromatic N) is 1. The van der Waals surface area contributed by atoms with Crippen LogP contribution in [0.1, 0.15) is 26.3 Å². The van der Waals surface area contributed by atoms with E-state index in [2.05, 4.69) is 22.5 Å². The van der Waals surface area contributed by atoms with Gasteiger partial charge in [0.15, 0.2) is 0 Å². The smallest absolute Gasteiger partial charge is 0.0723 e. The first-order valence-corrected chi connectivity index (χ1v) is 5.56. The van der Waals surface area contributed by atoms with Crippen LogP contribution in [0.25, 0.3) is 6.08 Å². The molecule has 1 rings (SSSR count). The molecule has 82 valence electrons. The summed E-state index contributed by atoms with van der Waals surface area (Å²) in [6.45, 7) is 9.57. The van der Waals surface area contributed by atoms with E-state index in [4.69, 9.17) is 0 Å². The van der Waals surface area contributed by atoms with E-state index >= 15 is 0 Å². The third-order valence-corrected chi connectivity index (χ3v) is 2.57. The molecule has 1 aromatic carbocycles. The first kappa shape index (κ1) is 12.3. The maximum Gasteiger partial charge on any atom is 0.0723 e. The molecule has 0 spiro atoms. The van der Waals surface area contributed by atoms with Gasteiger partial charge < -0.3 is 0 Å². The summed E-state index contributed by atoms with van der Waals surface area (Å²) in [6, 6.07) is 5.72. The van der Waals surface area contributed by atoms with Crippen molar-refractivity contribution >= 4 is 27.7 Å². The van der Waals surface area contributed by atoms with Crippen molar-refractivity contribution in [2.24, 2.45) is 0 Å². The molecule has 0 amide bonds. The second kappa shape index (κ2) is 4.37. The summed E-state index contributed by atoms with van der Waals surface area (Å²) in [6.07, 6.45) is 1.73. The highest BCUT2D eigenvalue weighted by molar-refractivity contribution is 9.10. The second-order valence-electron chi connectivity index (χ2n) is 4.39. The number of halogens is 1. The molecule has 0 fully saturated rings. The lowest BCUT2D eigenvalue weighted by Crippen LogP contribution is -2.39. The fourth-order valence-corrected chi connectivity index (χ4v) is 1.58. The van der Waals surface area contributed by atoms with Crippen LogP contribution in [0, 0.1) is 0 Å². The third-order valence-electron chi connectivity index (χ3n) is 2.08. The van der Waals surface area contributed by atoms with Crippen LogP contribution in [0.15, 0.2) is 29.3 Å². The molecule has 1 aromatic rings. The fraction of sp³-hybridized carbons (Fsp3) is 0.333. The summed E-state index contributed by atoms with van der Waals surface area (Å²) in [5, 5.41) is 11.3. The Kier molecular flexibility index (Phi) is 3.58. The van der Waals surface area contributed by atoms with Crippen molar-refractivity contribution in [3.8, 4) is 0 Å². The number of hydrogen-bond acceptors (Lipinski definition) is 2. The Labute approximate surface area is 99.3 Å². The zero-order valence-corrected chi connectivity index (χ0v) is 10.9. The molecule has 0 saturated carbocycles. The number of hydrogen-bond donors (Lipinski definition) is 1. The van der Waals surface area contributed by atoms with Crippen molar-refractivity contribution in [1.82, 2.24) is 0 Å². The average molecular weight is 270 g/mol. The molecule has 0 unspecified atom stereocenters. The van der Waals surface area contributed by atoms with Crippen LogP contribution in [0.2, 0.25) is 0 Å². The molecular formula is C12H16BrNO. The first-order chi connectivity index (χ1) is 6.86. The van der Waals surface area contributed by atoms with E-state index in [0.29, 0.717) is 0 Å². The van der Waals surface area contributed by atoms with Crippen LogP contribution in [-0.4, -0.2) is 10.7 Å². The van der Waals surface area contributed by atoms with E-state index in [1.807, 2.05) is 39.0 Å². The molecule has 0 aliphatic carbocycles. The van der Waals surface area contributed by atoms with Crippen LogP contribution in [-0.2, 0) is 0 Å². The minimum atomic E-state index is -0.335. The molecule has 1 N–H and O–H groups in total. The predicted octanol–water partition coefficient (Wildman–Crippen LogP) is 4.09. The van der Waals surface area contributed by atoms with Crippen molar-refractivity contribution in [1.29, 1.82) is 0 Å². The summed E-state index contributed by atoms with van der Waals surface area (Å²) in [7, 11) is 0. The van der Waals surface area contributed by atoms with Crippen molar-refractivity contribution in [2.45, 2.75) is 26.3 Å². The third kappa shape index (κ3) is 2.83. The van der Waals surface area contributed by atoms with Crippen LogP contribution < -0.4 is 5.06 Å². The Hall–Kier alpha value is -0.800. The van der Waals surface area contributed by atoms with Crippen LogP contribution in [0.5, 0.6) is 0 Å². The number of benzene rings is 1. The minimum absolute atomic E-state index is 0.335. The molecule has 0 bridgehead atoms.